The summed E-state index contributed by atoms with van der Waals surface area (Å²) in [6, 6.07) is -0.802. The quantitative estimate of drug-likeness (QED) is 0.356. The highest BCUT2D eigenvalue weighted by Crippen LogP contribution is 2.17. The summed E-state index contributed by atoms with van der Waals surface area (Å²) < 4.78 is 4.89. The van der Waals surface area contributed by atoms with E-state index in [1.165, 1.54) is 0 Å². The van der Waals surface area contributed by atoms with Crippen LogP contribution in [0.4, 0.5) is 0 Å². The summed E-state index contributed by atoms with van der Waals surface area (Å²) in [5, 5.41) is 18.1. The summed E-state index contributed by atoms with van der Waals surface area (Å²) >= 11 is 0. The fraction of sp³-hybridized carbons (Fsp3) is 1.00. The monoisotopic (exact) mass is 143 g/mol. The number of nitrogens with two attached hydrogens (primary N) is 1. The zero-order chi connectivity index (χ0) is 7.72. The van der Waals surface area contributed by atoms with Gasteiger partial charge in [0.05, 0.1) is 12.2 Å². The first-order valence-corrected chi connectivity index (χ1v) is 3.14. The average Bonchev–Trinajstić information content (AvgIpc) is 2.17. The van der Waals surface area contributed by atoms with Gasteiger partial charge in [-0.2, -0.15) is 0 Å². The lowest BCUT2D eigenvalue weighted by molar-refractivity contribution is 0.0273. The van der Waals surface area contributed by atoms with E-state index in [2.05, 4.69) is 0 Å². The van der Waals surface area contributed by atoms with E-state index in [9.17, 15) is 0 Å². The van der Waals surface area contributed by atoms with Crippen molar-refractivity contribution >= 4 is 7.85 Å². The molecule has 2 unspecified atom stereocenters. The molecule has 2 radical (unpaired) electrons. The fourth-order valence-electron chi connectivity index (χ4n) is 0.972. The van der Waals surface area contributed by atoms with Crippen LogP contribution in [-0.4, -0.2) is 48.9 Å². The van der Waals surface area contributed by atoms with Crippen LogP contribution in [0.3, 0.4) is 0 Å². The number of hydrogen-bond donors (Lipinski definition) is 3. The Balaban J connectivity index is 2.53. The predicted octanol–water partition coefficient (Wildman–Crippen LogP) is -2.44. The lowest BCUT2D eigenvalue weighted by Crippen LogP contribution is -2.35. The summed E-state index contributed by atoms with van der Waals surface area (Å²) in [6.07, 6.45) is -2.47. The zero-order valence-electron chi connectivity index (χ0n) is 5.47. The highest BCUT2D eigenvalue weighted by molar-refractivity contribution is 6.11. The van der Waals surface area contributed by atoms with E-state index in [-0.39, 0.29) is 6.54 Å². The number of hydrogen-bond acceptors (Lipinski definition) is 4. The number of rotatable bonds is 1. The van der Waals surface area contributed by atoms with Gasteiger partial charge >= 0.3 is 0 Å². The normalized spacial score (nSPS) is 47.9. The van der Waals surface area contributed by atoms with Crippen molar-refractivity contribution in [2.75, 3.05) is 6.54 Å². The van der Waals surface area contributed by atoms with Gasteiger partial charge in [0.25, 0.3) is 0 Å². The second-order valence-electron chi connectivity index (χ2n) is 2.36. The second-order valence-corrected chi connectivity index (χ2v) is 2.36. The molecule has 0 aliphatic carbocycles. The maximum Gasteiger partial charge on any atom is 0.112 e. The molecule has 4 nitrogen and oxygen atoms in total. The van der Waals surface area contributed by atoms with Crippen molar-refractivity contribution in [3.8, 4) is 0 Å². The van der Waals surface area contributed by atoms with Gasteiger partial charge in [0.2, 0.25) is 0 Å². The Morgan fingerprint density at radius 1 is 1.40 bits per heavy atom. The van der Waals surface area contributed by atoms with Crippen molar-refractivity contribution in [2.24, 2.45) is 5.73 Å². The third-order valence-corrected chi connectivity index (χ3v) is 1.63. The van der Waals surface area contributed by atoms with Crippen molar-refractivity contribution in [3.05, 3.63) is 0 Å². The summed E-state index contributed by atoms with van der Waals surface area (Å²) in [4.78, 5) is 0. The minimum Gasteiger partial charge on any atom is -0.388 e. The lowest BCUT2D eigenvalue weighted by atomic mass is 9.93. The molecule has 1 saturated heterocycles. The summed E-state index contributed by atoms with van der Waals surface area (Å²) in [6.45, 7) is 0.173. The molecular formula is C5H10BNO3. The lowest BCUT2D eigenvalue weighted by Gasteiger charge is -2.11. The first kappa shape index (κ1) is 8.01. The Bertz CT molecular complexity index is 123. The molecule has 5 heteroatoms. The van der Waals surface area contributed by atoms with Crippen LogP contribution in [0.15, 0.2) is 0 Å². The van der Waals surface area contributed by atoms with Crippen LogP contribution in [0.2, 0.25) is 0 Å². The van der Waals surface area contributed by atoms with Gasteiger partial charge in [0.1, 0.15) is 14.0 Å². The van der Waals surface area contributed by atoms with E-state index < -0.39 is 24.3 Å². The number of ether oxygens (including phenoxy) is 1. The van der Waals surface area contributed by atoms with Gasteiger partial charge in [-0.3, -0.25) is 0 Å². The maximum atomic E-state index is 9.09. The van der Waals surface area contributed by atoms with Crippen molar-refractivity contribution in [3.63, 3.8) is 0 Å². The standard InChI is InChI=1S/C5H10BNO3/c6-5-4(9)3(8)2(1-7)10-5/h2-5,8-9H,1,7H2/t2?,3-,4-,5?/m1/s1. The highest BCUT2D eigenvalue weighted by atomic mass is 16.5. The molecule has 1 aliphatic rings. The van der Waals surface area contributed by atoms with Gasteiger partial charge in [0.15, 0.2) is 0 Å². The van der Waals surface area contributed by atoms with Gasteiger partial charge in [0, 0.05) is 12.5 Å². The van der Waals surface area contributed by atoms with E-state index in [1.807, 2.05) is 0 Å². The molecule has 1 rings (SSSR count). The van der Waals surface area contributed by atoms with Gasteiger partial charge in [-0.1, -0.05) is 0 Å². The minimum absolute atomic E-state index is 0.173. The van der Waals surface area contributed by atoms with Crippen LogP contribution in [0.25, 0.3) is 0 Å². The number of aliphatic hydroxyl groups excluding tert-OH is 2. The Kier molecular flexibility index (Phi) is 2.30. The fourth-order valence-corrected chi connectivity index (χ4v) is 0.972. The molecule has 56 valence electrons. The molecule has 4 atom stereocenters. The average molecular weight is 143 g/mol. The van der Waals surface area contributed by atoms with Gasteiger partial charge in [-0.25, -0.2) is 0 Å². The number of aliphatic hydroxyl groups is 2. The molecule has 0 saturated carbocycles. The van der Waals surface area contributed by atoms with Crippen molar-refractivity contribution < 1.29 is 14.9 Å². The van der Waals surface area contributed by atoms with E-state index in [0.29, 0.717) is 0 Å². The van der Waals surface area contributed by atoms with E-state index >= 15 is 0 Å². The third-order valence-electron chi connectivity index (χ3n) is 1.63. The summed E-state index contributed by atoms with van der Waals surface area (Å²) in [7, 11) is 5.25. The van der Waals surface area contributed by atoms with Crippen molar-refractivity contribution in [2.45, 2.75) is 24.3 Å². The van der Waals surface area contributed by atoms with Crippen LogP contribution < -0.4 is 5.73 Å². The van der Waals surface area contributed by atoms with Crippen molar-refractivity contribution in [1.29, 1.82) is 0 Å². The summed E-state index contributed by atoms with van der Waals surface area (Å²) in [5.41, 5.74) is 5.20. The second kappa shape index (κ2) is 2.88. The molecule has 0 bridgehead atoms. The largest absolute Gasteiger partial charge is 0.388 e. The topological polar surface area (TPSA) is 75.7 Å². The Morgan fingerprint density at radius 2 is 2.00 bits per heavy atom. The van der Waals surface area contributed by atoms with Crippen molar-refractivity contribution in [1.82, 2.24) is 0 Å². The first-order chi connectivity index (χ1) is 4.66. The highest BCUT2D eigenvalue weighted by Gasteiger charge is 2.38. The molecule has 0 spiro atoms. The molecule has 0 aromatic carbocycles. The Morgan fingerprint density at radius 3 is 2.20 bits per heavy atom. The van der Waals surface area contributed by atoms with Crippen LogP contribution in [-0.2, 0) is 4.74 Å². The molecule has 1 fully saturated rings. The van der Waals surface area contributed by atoms with Crippen LogP contribution in [0, 0.1) is 0 Å². The smallest absolute Gasteiger partial charge is 0.112 e. The molecular weight excluding hydrogens is 133 g/mol. The zero-order valence-corrected chi connectivity index (χ0v) is 5.47. The first-order valence-electron chi connectivity index (χ1n) is 3.14. The van der Waals surface area contributed by atoms with E-state index in [1.54, 1.807) is 0 Å². The van der Waals surface area contributed by atoms with Gasteiger partial charge in [-0.05, 0) is 0 Å². The van der Waals surface area contributed by atoms with Gasteiger partial charge < -0.3 is 20.7 Å². The van der Waals surface area contributed by atoms with Crippen LogP contribution >= 0.6 is 0 Å². The van der Waals surface area contributed by atoms with Crippen LogP contribution in [0.1, 0.15) is 0 Å². The van der Waals surface area contributed by atoms with E-state index in [4.69, 9.17) is 28.5 Å². The summed E-state index contributed by atoms with van der Waals surface area (Å²) in [5.74, 6) is 0. The third kappa shape index (κ3) is 1.18. The molecule has 1 heterocycles. The Labute approximate surface area is 60.4 Å². The maximum absolute atomic E-state index is 9.09. The molecule has 0 amide bonds. The molecule has 4 N–H and O–H groups in total. The molecule has 10 heavy (non-hydrogen) atoms. The van der Waals surface area contributed by atoms with E-state index in [0.717, 1.165) is 0 Å². The van der Waals surface area contributed by atoms with Gasteiger partial charge in [-0.15, -0.1) is 0 Å². The minimum atomic E-state index is -1.01. The Hall–Kier alpha value is -0.0951. The SMILES string of the molecule is [B]C1OC(CN)[C@@H](O)[C@H]1O. The molecule has 0 aromatic heterocycles. The predicted molar refractivity (Wildman–Crippen MR) is 35.5 cm³/mol. The molecule has 1 aliphatic heterocycles. The molecule has 0 aromatic rings. The van der Waals surface area contributed by atoms with Crippen LogP contribution in [0.5, 0.6) is 0 Å².